The van der Waals surface area contributed by atoms with E-state index in [1.165, 1.54) is 30.3 Å². The van der Waals surface area contributed by atoms with E-state index in [4.69, 9.17) is 0 Å². The number of hydrogen-bond donors (Lipinski definition) is 1. The molecule has 8 heteroatoms. The van der Waals surface area contributed by atoms with Crippen LogP contribution in [0.15, 0.2) is 71.5 Å². The number of carbonyl (C=O) groups excluding carboxylic acids is 1. The van der Waals surface area contributed by atoms with Crippen LogP contribution in [0.4, 0.5) is 5.69 Å². The lowest BCUT2D eigenvalue weighted by atomic mass is 10.1. The van der Waals surface area contributed by atoms with E-state index in [2.05, 4.69) is 10.4 Å². The lowest BCUT2D eigenvalue weighted by Gasteiger charge is -2.08. The summed E-state index contributed by atoms with van der Waals surface area (Å²) < 4.78 is 1.04. The number of rotatable bonds is 6. The standard InChI is InChI=1S/C19H16N4O4/c24-18(20-12-14-5-2-1-3-6-14)13-22-19(25)10-9-17(21-22)15-7-4-8-16(11-15)23(26)27/h1-11H,12-13H2,(H,20,24). The number of non-ortho nitro benzene ring substituents is 1. The highest BCUT2D eigenvalue weighted by atomic mass is 16.6. The molecular formula is C19H16N4O4. The molecular weight excluding hydrogens is 348 g/mol. The Morgan fingerprint density at radius 1 is 1.07 bits per heavy atom. The molecule has 1 heterocycles. The first-order valence-electron chi connectivity index (χ1n) is 8.16. The van der Waals surface area contributed by atoms with Gasteiger partial charge in [-0.2, -0.15) is 5.10 Å². The second kappa shape index (κ2) is 8.05. The summed E-state index contributed by atoms with van der Waals surface area (Å²) in [5, 5.41) is 17.8. The lowest BCUT2D eigenvalue weighted by Crippen LogP contribution is -2.33. The molecule has 0 atom stereocenters. The van der Waals surface area contributed by atoms with Crippen LogP contribution in [0, 0.1) is 10.1 Å². The maximum Gasteiger partial charge on any atom is 0.270 e. The number of nitro groups is 1. The maximum atomic E-state index is 12.1. The van der Waals surface area contributed by atoms with Gasteiger partial charge in [0.15, 0.2) is 0 Å². The predicted molar refractivity (Wildman–Crippen MR) is 98.9 cm³/mol. The number of amides is 1. The van der Waals surface area contributed by atoms with Crippen molar-refractivity contribution >= 4 is 11.6 Å². The van der Waals surface area contributed by atoms with Crippen molar-refractivity contribution in [2.24, 2.45) is 0 Å². The van der Waals surface area contributed by atoms with Crippen molar-refractivity contribution in [3.05, 3.63) is 92.8 Å². The molecule has 1 amide bonds. The Balaban J connectivity index is 1.75. The second-order valence-electron chi connectivity index (χ2n) is 5.78. The van der Waals surface area contributed by atoms with E-state index in [1.807, 2.05) is 30.3 Å². The molecule has 3 rings (SSSR count). The summed E-state index contributed by atoms with van der Waals surface area (Å²) in [6, 6.07) is 18.1. The molecule has 3 aromatic rings. The molecule has 136 valence electrons. The lowest BCUT2D eigenvalue weighted by molar-refractivity contribution is -0.384. The smallest absolute Gasteiger partial charge is 0.270 e. The SMILES string of the molecule is O=C(Cn1nc(-c2cccc([N+](=O)[O-])c2)ccc1=O)NCc1ccccc1. The van der Waals surface area contributed by atoms with Gasteiger partial charge in [0.05, 0.1) is 10.6 Å². The molecule has 27 heavy (non-hydrogen) atoms. The van der Waals surface area contributed by atoms with Crippen molar-refractivity contribution in [1.82, 2.24) is 15.1 Å². The Hall–Kier alpha value is -3.81. The van der Waals surface area contributed by atoms with Gasteiger partial charge >= 0.3 is 0 Å². The van der Waals surface area contributed by atoms with Crippen LogP contribution in [0.3, 0.4) is 0 Å². The van der Waals surface area contributed by atoms with Crippen LogP contribution in [0.2, 0.25) is 0 Å². The van der Waals surface area contributed by atoms with Gasteiger partial charge in [0.25, 0.3) is 11.2 Å². The Labute approximate surface area is 154 Å². The summed E-state index contributed by atoms with van der Waals surface area (Å²) in [6.45, 7) is 0.105. The highest BCUT2D eigenvalue weighted by Gasteiger charge is 2.11. The van der Waals surface area contributed by atoms with Gasteiger partial charge in [-0.25, -0.2) is 4.68 Å². The first kappa shape index (κ1) is 18.0. The highest BCUT2D eigenvalue weighted by Crippen LogP contribution is 2.21. The number of carbonyl (C=O) groups is 1. The summed E-state index contributed by atoms with van der Waals surface area (Å²) in [5.74, 6) is -0.357. The molecule has 0 aliphatic heterocycles. The van der Waals surface area contributed by atoms with Crippen molar-refractivity contribution in [1.29, 1.82) is 0 Å². The molecule has 0 aliphatic carbocycles. The zero-order chi connectivity index (χ0) is 19.2. The molecule has 1 aromatic heterocycles. The molecule has 0 saturated heterocycles. The average Bonchev–Trinajstić information content (AvgIpc) is 2.69. The average molecular weight is 364 g/mol. The molecule has 0 radical (unpaired) electrons. The van der Waals surface area contributed by atoms with E-state index in [-0.39, 0.29) is 18.1 Å². The minimum absolute atomic E-state index is 0.0762. The van der Waals surface area contributed by atoms with Crippen molar-refractivity contribution < 1.29 is 9.72 Å². The van der Waals surface area contributed by atoms with Crippen molar-refractivity contribution in [2.45, 2.75) is 13.1 Å². The number of nitrogens with zero attached hydrogens (tertiary/aromatic N) is 3. The zero-order valence-electron chi connectivity index (χ0n) is 14.2. The summed E-state index contributed by atoms with van der Waals surface area (Å²) in [5.41, 5.74) is 1.29. The fraction of sp³-hybridized carbons (Fsp3) is 0.105. The Morgan fingerprint density at radius 3 is 2.59 bits per heavy atom. The highest BCUT2D eigenvalue weighted by molar-refractivity contribution is 5.75. The maximum absolute atomic E-state index is 12.1. The number of aromatic nitrogens is 2. The van der Waals surface area contributed by atoms with Crippen molar-refractivity contribution in [3.63, 3.8) is 0 Å². The third-order valence-electron chi connectivity index (χ3n) is 3.85. The normalized spacial score (nSPS) is 10.4. The summed E-state index contributed by atoms with van der Waals surface area (Å²) >= 11 is 0. The first-order chi connectivity index (χ1) is 13.0. The molecule has 0 spiro atoms. The van der Waals surface area contributed by atoms with Gasteiger partial charge in [-0.15, -0.1) is 0 Å². The largest absolute Gasteiger partial charge is 0.350 e. The Morgan fingerprint density at radius 2 is 1.85 bits per heavy atom. The molecule has 0 saturated carbocycles. The summed E-state index contributed by atoms with van der Waals surface area (Å²) in [6.07, 6.45) is 0. The number of benzene rings is 2. The van der Waals surface area contributed by atoms with Gasteiger partial charge in [0.2, 0.25) is 5.91 Å². The van der Waals surface area contributed by atoms with Gasteiger partial charge in [0.1, 0.15) is 6.54 Å². The number of nitrogens with one attached hydrogen (secondary N) is 1. The minimum Gasteiger partial charge on any atom is -0.350 e. The second-order valence-corrected chi connectivity index (χ2v) is 5.78. The fourth-order valence-electron chi connectivity index (χ4n) is 2.48. The fourth-order valence-corrected chi connectivity index (χ4v) is 2.48. The van der Waals surface area contributed by atoms with Gasteiger partial charge in [-0.05, 0) is 11.6 Å². The van der Waals surface area contributed by atoms with Gasteiger partial charge in [0, 0.05) is 30.3 Å². The molecule has 8 nitrogen and oxygen atoms in total. The summed E-state index contributed by atoms with van der Waals surface area (Å²) in [7, 11) is 0. The topological polar surface area (TPSA) is 107 Å². The molecule has 1 N–H and O–H groups in total. The zero-order valence-corrected chi connectivity index (χ0v) is 14.2. The molecule has 0 unspecified atom stereocenters. The van der Waals surface area contributed by atoms with Gasteiger partial charge < -0.3 is 5.32 Å². The first-order valence-corrected chi connectivity index (χ1v) is 8.16. The molecule has 2 aromatic carbocycles. The predicted octanol–water partition coefficient (Wildman–Crippen LogP) is 2.13. The molecule has 0 fully saturated rings. The Kier molecular flexibility index (Phi) is 5.36. The van der Waals surface area contributed by atoms with Crippen LogP contribution >= 0.6 is 0 Å². The number of nitro benzene ring substituents is 1. The van der Waals surface area contributed by atoms with E-state index >= 15 is 0 Å². The minimum atomic E-state index is -0.503. The van der Waals surface area contributed by atoms with E-state index in [9.17, 15) is 19.7 Å². The molecule has 0 aliphatic rings. The number of hydrogen-bond acceptors (Lipinski definition) is 5. The van der Waals surface area contributed by atoms with Gasteiger partial charge in [-0.1, -0.05) is 42.5 Å². The van der Waals surface area contributed by atoms with Crippen LogP contribution in [0.5, 0.6) is 0 Å². The molecule has 0 bridgehead atoms. The third-order valence-corrected chi connectivity index (χ3v) is 3.85. The van der Waals surface area contributed by atoms with Crippen molar-refractivity contribution in [2.75, 3.05) is 0 Å². The quantitative estimate of drug-likeness (QED) is 0.533. The third kappa shape index (κ3) is 4.63. The van der Waals surface area contributed by atoms with Gasteiger partial charge in [-0.3, -0.25) is 19.7 Å². The van der Waals surface area contributed by atoms with E-state index in [1.54, 1.807) is 6.07 Å². The van der Waals surface area contributed by atoms with E-state index in [0.29, 0.717) is 17.8 Å². The van der Waals surface area contributed by atoms with Crippen LogP contribution in [0.1, 0.15) is 5.56 Å². The van der Waals surface area contributed by atoms with Crippen LogP contribution in [0.25, 0.3) is 11.3 Å². The van der Waals surface area contributed by atoms with Crippen molar-refractivity contribution in [3.8, 4) is 11.3 Å². The van der Waals surface area contributed by atoms with Crippen LogP contribution < -0.4 is 10.9 Å². The van der Waals surface area contributed by atoms with E-state index in [0.717, 1.165) is 10.2 Å². The monoisotopic (exact) mass is 364 g/mol. The van der Waals surface area contributed by atoms with E-state index < -0.39 is 10.5 Å². The summed E-state index contributed by atoms with van der Waals surface area (Å²) in [4.78, 5) is 34.5. The Bertz CT molecular complexity index is 1030. The van der Waals surface area contributed by atoms with Crippen LogP contribution in [-0.2, 0) is 17.9 Å². The van der Waals surface area contributed by atoms with Crippen LogP contribution in [-0.4, -0.2) is 20.6 Å².